The molecule has 0 radical (unpaired) electrons. The zero-order valence-corrected chi connectivity index (χ0v) is 10.9. The van der Waals surface area contributed by atoms with Gasteiger partial charge in [0.2, 0.25) is 0 Å². The molecule has 92 valence electrons. The van der Waals surface area contributed by atoms with Crippen LogP contribution in [-0.4, -0.2) is 4.92 Å². The molecule has 0 unspecified atom stereocenters. The molecule has 5 heteroatoms. The molecule has 0 aliphatic heterocycles. The first-order valence-corrected chi connectivity index (χ1v) is 6.63. The topological polar surface area (TPSA) is 43.1 Å². The van der Waals surface area contributed by atoms with Crippen LogP contribution in [0.5, 0.6) is 0 Å². The van der Waals surface area contributed by atoms with Crippen molar-refractivity contribution >= 4 is 29.1 Å². The molecule has 2 rings (SSSR count). The van der Waals surface area contributed by atoms with E-state index in [1.54, 1.807) is 12.1 Å². The molecule has 3 nitrogen and oxygen atoms in total. The summed E-state index contributed by atoms with van der Waals surface area (Å²) in [5.41, 5.74) is 1.20. The molecule has 0 atom stereocenters. The van der Waals surface area contributed by atoms with E-state index in [9.17, 15) is 10.1 Å². The Labute approximate surface area is 114 Å². The molecule has 0 fully saturated rings. The summed E-state index contributed by atoms with van der Waals surface area (Å²) < 4.78 is 0. The Morgan fingerprint density at radius 3 is 2.56 bits per heavy atom. The smallest absolute Gasteiger partial charge is 0.258 e. The van der Waals surface area contributed by atoms with Crippen molar-refractivity contribution in [3.63, 3.8) is 0 Å². The second-order valence-electron chi connectivity index (χ2n) is 3.68. The first-order chi connectivity index (χ1) is 8.65. The van der Waals surface area contributed by atoms with Crippen LogP contribution < -0.4 is 0 Å². The summed E-state index contributed by atoms with van der Waals surface area (Å²) >= 11 is 7.39. The van der Waals surface area contributed by atoms with Crippen molar-refractivity contribution in [2.24, 2.45) is 0 Å². The van der Waals surface area contributed by atoms with Crippen LogP contribution in [0.15, 0.2) is 53.4 Å². The molecule has 0 aliphatic carbocycles. The lowest BCUT2D eigenvalue weighted by molar-refractivity contribution is -0.385. The van der Waals surface area contributed by atoms with Crippen molar-refractivity contribution in [3.8, 4) is 0 Å². The molecule has 0 N–H and O–H groups in total. The largest absolute Gasteiger partial charge is 0.272 e. The maximum atomic E-state index is 10.7. The van der Waals surface area contributed by atoms with Gasteiger partial charge in [-0.1, -0.05) is 41.9 Å². The molecule has 0 spiro atoms. The van der Waals surface area contributed by atoms with Gasteiger partial charge < -0.3 is 0 Å². The number of rotatable bonds is 4. The van der Waals surface area contributed by atoms with Crippen LogP contribution in [0.3, 0.4) is 0 Å². The molecule has 0 amide bonds. The standard InChI is InChI=1S/C13H10ClNO2S/c14-11-6-12(15(16)17)8-13(7-11)18-9-10-4-2-1-3-5-10/h1-8H,9H2. The van der Waals surface area contributed by atoms with Crippen LogP contribution in [0.25, 0.3) is 0 Å². The van der Waals surface area contributed by atoms with Gasteiger partial charge in [-0.05, 0) is 11.6 Å². The van der Waals surface area contributed by atoms with Gasteiger partial charge in [-0.2, -0.15) is 0 Å². The highest BCUT2D eigenvalue weighted by Crippen LogP contribution is 2.29. The highest BCUT2D eigenvalue weighted by molar-refractivity contribution is 7.98. The zero-order valence-electron chi connectivity index (χ0n) is 9.38. The number of non-ortho nitro benzene ring substituents is 1. The summed E-state index contributed by atoms with van der Waals surface area (Å²) in [6.45, 7) is 0. The summed E-state index contributed by atoms with van der Waals surface area (Å²) in [4.78, 5) is 11.1. The lowest BCUT2D eigenvalue weighted by Crippen LogP contribution is -1.88. The number of nitro benzene ring substituents is 1. The van der Waals surface area contributed by atoms with Crippen LogP contribution in [0.1, 0.15) is 5.56 Å². The predicted molar refractivity (Wildman–Crippen MR) is 74.1 cm³/mol. The number of nitrogens with zero attached hydrogens (tertiary/aromatic N) is 1. The van der Waals surface area contributed by atoms with E-state index < -0.39 is 4.92 Å². The van der Waals surface area contributed by atoms with Crippen molar-refractivity contribution in [2.45, 2.75) is 10.6 Å². The van der Waals surface area contributed by atoms with E-state index >= 15 is 0 Å². The number of hydrogen-bond donors (Lipinski definition) is 0. The molecule has 0 heterocycles. The Hall–Kier alpha value is -1.52. The second-order valence-corrected chi connectivity index (χ2v) is 5.16. The third-order valence-electron chi connectivity index (χ3n) is 2.32. The molecule has 0 saturated heterocycles. The maximum absolute atomic E-state index is 10.7. The van der Waals surface area contributed by atoms with E-state index in [4.69, 9.17) is 11.6 Å². The van der Waals surface area contributed by atoms with Crippen molar-refractivity contribution in [1.29, 1.82) is 0 Å². The predicted octanol–water partition coefficient (Wildman–Crippen LogP) is 4.54. The van der Waals surface area contributed by atoms with Crippen molar-refractivity contribution in [2.75, 3.05) is 0 Å². The first kappa shape index (κ1) is 12.9. The summed E-state index contributed by atoms with van der Waals surface area (Å²) in [7, 11) is 0. The Bertz CT molecular complexity index is 560. The van der Waals surface area contributed by atoms with Gasteiger partial charge in [-0.15, -0.1) is 11.8 Å². The highest BCUT2D eigenvalue weighted by atomic mass is 35.5. The van der Waals surface area contributed by atoms with Crippen molar-refractivity contribution < 1.29 is 4.92 Å². The Morgan fingerprint density at radius 2 is 1.89 bits per heavy atom. The number of benzene rings is 2. The van der Waals surface area contributed by atoms with E-state index in [-0.39, 0.29) is 5.69 Å². The van der Waals surface area contributed by atoms with Gasteiger partial charge in [0.05, 0.1) is 4.92 Å². The minimum Gasteiger partial charge on any atom is -0.258 e. The molecular formula is C13H10ClNO2S. The van der Waals surface area contributed by atoms with Crippen LogP contribution in [0.2, 0.25) is 5.02 Å². The Morgan fingerprint density at radius 1 is 1.17 bits per heavy atom. The van der Waals surface area contributed by atoms with E-state index in [0.29, 0.717) is 5.02 Å². The van der Waals surface area contributed by atoms with Gasteiger partial charge >= 0.3 is 0 Å². The number of nitro groups is 1. The monoisotopic (exact) mass is 279 g/mol. The summed E-state index contributed by atoms with van der Waals surface area (Å²) in [6, 6.07) is 14.6. The van der Waals surface area contributed by atoms with Crippen molar-refractivity contribution in [3.05, 3.63) is 69.2 Å². The summed E-state index contributed by atoms with van der Waals surface area (Å²) in [5, 5.41) is 11.1. The third kappa shape index (κ3) is 3.48. The summed E-state index contributed by atoms with van der Waals surface area (Å²) in [5.74, 6) is 0.762. The van der Waals surface area contributed by atoms with Crippen LogP contribution in [0.4, 0.5) is 5.69 Å². The minimum atomic E-state index is -0.432. The lowest BCUT2D eigenvalue weighted by atomic mass is 10.2. The minimum absolute atomic E-state index is 0.0260. The van der Waals surface area contributed by atoms with E-state index in [0.717, 1.165) is 10.6 Å². The molecule has 0 bridgehead atoms. The van der Waals surface area contributed by atoms with Gasteiger partial charge in [0.25, 0.3) is 5.69 Å². The molecular weight excluding hydrogens is 270 g/mol. The van der Waals surface area contributed by atoms with Gasteiger partial charge in [0.15, 0.2) is 0 Å². The lowest BCUT2D eigenvalue weighted by Gasteiger charge is -2.03. The van der Waals surface area contributed by atoms with E-state index in [2.05, 4.69) is 0 Å². The van der Waals surface area contributed by atoms with Gasteiger partial charge in [0.1, 0.15) is 0 Å². The van der Waals surface area contributed by atoms with E-state index in [1.807, 2.05) is 30.3 Å². The van der Waals surface area contributed by atoms with Crippen LogP contribution >= 0.6 is 23.4 Å². The molecule has 0 aliphatic rings. The number of hydrogen-bond acceptors (Lipinski definition) is 3. The molecule has 0 saturated carbocycles. The second kappa shape index (κ2) is 5.89. The first-order valence-electron chi connectivity index (χ1n) is 5.27. The fraction of sp³-hybridized carbons (Fsp3) is 0.0769. The SMILES string of the molecule is O=[N+]([O-])c1cc(Cl)cc(SCc2ccccc2)c1. The Kier molecular flexibility index (Phi) is 4.23. The number of halogens is 1. The molecule has 18 heavy (non-hydrogen) atoms. The normalized spacial score (nSPS) is 10.3. The summed E-state index contributed by atoms with van der Waals surface area (Å²) in [6.07, 6.45) is 0. The average molecular weight is 280 g/mol. The highest BCUT2D eigenvalue weighted by Gasteiger charge is 2.09. The molecule has 2 aromatic rings. The molecule has 0 aromatic heterocycles. The van der Waals surface area contributed by atoms with Gasteiger partial charge in [-0.3, -0.25) is 10.1 Å². The zero-order chi connectivity index (χ0) is 13.0. The van der Waals surface area contributed by atoms with Crippen molar-refractivity contribution in [1.82, 2.24) is 0 Å². The van der Waals surface area contributed by atoms with Crippen LogP contribution in [-0.2, 0) is 5.75 Å². The van der Waals surface area contributed by atoms with E-state index in [1.165, 1.54) is 23.4 Å². The average Bonchev–Trinajstić information content (AvgIpc) is 2.37. The maximum Gasteiger partial charge on any atom is 0.272 e. The quantitative estimate of drug-likeness (QED) is 0.469. The van der Waals surface area contributed by atoms with Gasteiger partial charge in [0, 0.05) is 27.8 Å². The number of thioether (sulfide) groups is 1. The fourth-order valence-corrected chi connectivity index (χ4v) is 2.71. The third-order valence-corrected chi connectivity index (χ3v) is 3.58. The fourth-order valence-electron chi connectivity index (χ4n) is 1.48. The van der Waals surface area contributed by atoms with Gasteiger partial charge in [-0.25, -0.2) is 0 Å². The van der Waals surface area contributed by atoms with Crippen LogP contribution in [0, 0.1) is 10.1 Å². The molecule has 2 aromatic carbocycles. The Balaban J connectivity index is 2.12.